The summed E-state index contributed by atoms with van der Waals surface area (Å²) in [5.41, 5.74) is 3.52. The predicted molar refractivity (Wildman–Crippen MR) is 135 cm³/mol. The monoisotopic (exact) mass is 488 g/mol. The number of nitrogens with zero attached hydrogens (tertiary/aromatic N) is 3. The van der Waals surface area contributed by atoms with Gasteiger partial charge in [0.2, 0.25) is 5.95 Å². The SMILES string of the molecule is COc1ccc(Nc2nc(N3CCC(C(=O)c4cccc(C(=O)O)c4)C3)nc3c2CCC3)cc1OC. The molecule has 3 aromatic rings. The fourth-order valence-corrected chi connectivity index (χ4v) is 4.91. The van der Waals surface area contributed by atoms with E-state index in [9.17, 15) is 14.7 Å². The van der Waals surface area contributed by atoms with E-state index in [0.717, 1.165) is 42.0 Å². The minimum Gasteiger partial charge on any atom is -0.493 e. The number of Topliss-reactive ketones (excluding diaryl/α,β-unsaturated/α-hetero) is 1. The third-order valence-electron chi connectivity index (χ3n) is 6.80. The number of carbonyl (C=O) groups excluding carboxylic acids is 1. The van der Waals surface area contributed by atoms with Gasteiger partial charge in [-0.1, -0.05) is 12.1 Å². The summed E-state index contributed by atoms with van der Waals surface area (Å²) >= 11 is 0. The number of benzene rings is 2. The highest BCUT2D eigenvalue weighted by Gasteiger charge is 2.32. The molecule has 9 nitrogen and oxygen atoms in total. The molecule has 0 saturated carbocycles. The van der Waals surface area contributed by atoms with Gasteiger partial charge in [0, 0.05) is 41.9 Å². The number of ether oxygens (including phenoxy) is 2. The van der Waals surface area contributed by atoms with Crippen molar-refractivity contribution < 1.29 is 24.2 Å². The van der Waals surface area contributed by atoms with Crippen LogP contribution in [-0.4, -0.2) is 54.1 Å². The number of carboxylic acids is 1. The molecule has 1 aromatic heterocycles. The lowest BCUT2D eigenvalue weighted by Gasteiger charge is -2.20. The van der Waals surface area contributed by atoms with Gasteiger partial charge in [0.1, 0.15) is 5.82 Å². The Labute approximate surface area is 209 Å². The standard InChI is InChI=1S/C27H28N4O5/c1-35-22-10-9-19(14-23(22)36-2)28-25-20-7-4-8-21(20)29-27(30-25)31-12-11-18(15-31)24(32)16-5-3-6-17(13-16)26(33)34/h3,5-6,9-10,13-14,18H,4,7-8,11-12,15H2,1-2H3,(H,33,34)(H,28,29,30). The number of ketones is 1. The minimum absolute atomic E-state index is 0.0505. The summed E-state index contributed by atoms with van der Waals surface area (Å²) in [4.78, 5) is 36.2. The molecule has 1 atom stereocenters. The van der Waals surface area contributed by atoms with Crippen molar-refractivity contribution in [3.8, 4) is 11.5 Å². The number of carbonyl (C=O) groups is 2. The second-order valence-corrected chi connectivity index (χ2v) is 9.03. The topological polar surface area (TPSA) is 114 Å². The lowest BCUT2D eigenvalue weighted by molar-refractivity contribution is 0.0697. The van der Waals surface area contributed by atoms with Gasteiger partial charge < -0.3 is 24.8 Å². The summed E-state index contributed by atoms with van der Waals surface area (Å²) < 4.78 is 10.8. The van der Waals surface area contributed by atoms with Crippen LogP contribution < -0.4 is 19.7 Å². The fraction of sp³-hybridized carbons (Fsp3) is 0.333. The van der Waals surface area contributed by atoms with Crippen molar-refractivity contribution in [3.05, 3.63) is 64.8 Å². The van der Waals surface area contributed by atoms with Crippen LogP contribution in [0.15, 0.2) is 42.5 Å². The molecule has 0 bridgehead atoms. The Kier molecular flexibility index (Phi) is 6.45. The smallest absolute Gasteiger partial charge is 0.335 e. The van der Waals surface area contributed by atoms with Crippen LogP contribution in [0.25, 0.3) is 0 Å². The zero-order valence-electron chi connectivity index (χ0n) is 20.3. The Hall–Kier alpha value is -4.14. The summed E-state index contributed by atoms with van der Waals surface area (Å²) in [5.74, 6) is 1.31. The first kappa shape index (κ1) is 23.6. The van der Waals surface area contributed by atoms with E-state index in [1.807, 2.05) is 23.1 Å². The second kappa shape index (κ2) is 9.85. The maximum atomic E-state index is 13.1. The molecule has 1 saturated heterocycles. The Morgan fingerprint density at radius 1 is 1.03 bits per heavy atom. The Morgan fingerprint density at radius 3 is 2.61 bits per heavy atom. The van der Waals surface area contributed by atoms with Crippen molar-refractivity contribution in [1.29, 1.82) is 0 Å². The third kappa shape index (κ3) is 4.56. The van der Waals surface area contributed by atoms with E-state index < -0.39 is 5.97 Å². The summed E-state index contributed by atoms with van der Waals surface area (Å²) in [6.07, 6.45) is 3.49. The van der Waals surface area contributed by atoms with Crippen LogP contribution in [0.1, 0.15) is 44.8 Å². The molecule has 2 aromatic carbocycles. The number of fused-ring (bicyclic) bond motifs is 1. The molecule has 0 radical (unpaired) electrons. The number of hydrogen-bond donors (Lipinski definition) is 2. The number of nitrogens with one attached hydrogen (secondary N) is 1. The van der Waals surface area contributed by atoms with Crippen LogP contribution in [0, 0.1) is 5.92 Å². The Bertz CT molecular complexity index is 1330. The van der Waals surface area contributed by atoms with Crippen molar-refractivity contribution in [3.63, 3.8) is 0 Å². The lowest BCUT2D eigenvalue weighted by atomic mass is 9.96. The number of carboxylic acid groups (broad SMARTS) is 1. The second-order valence-electron chi connectivity index (χ2n) is 9.03. The van der Waals surface area contributed by atoms with Crippen molar-refractivity contribution in [2.75, 3.05) is 37.5 Å². The van der Waals surface area contributed by atoms with E-state index in [1.165, 1.54) is 12.1 Å². The maximum Gasteiger partial charge on any atom is 0.335 e. The van der Waals surface area contributed by atoms with Gasteiger partial charge in [-0.3, -0.25) is 4.79 Å². The molecule has 9 heteroatoms. The molecule has 1 aliphatic heterocycles. The van der Waals surface area contributed by atoms with Crippen LogP contribution in [0.5, 0.6) is 11.5 Å². The number of aromatic nitrogens is 2. The minimum atomic E-state index is -1.04. The largest absolute Gasteiger partial charge is 0.493 e. The van der Waals surface area contributed by atoms with E-state index >= 15 is 0 Å². The summed E-state index contributed by atoms with van der Waals surface area (Å²) in [6, 6.07) is 11.9. The van der Waals surface area contributed by atoms with E-state index in [1.54, 1.807) is 26.4 Å². The van der Waals surface area contributed by atoms with Crippen LogP contribution in [0.4, 0.5) is 17.5 Å². The fourth-order valence-electron chi connectivity index (χ4n) is 4.91. The molecule has 2 heterocycles. The van der Waals surface area contributed by atoms with Crippen LogP contribution >= 0.6 is 0 Å². The first-order valence-electron chi connectivity index (χ1n) is 12.0. The van der Waals surface area contributed by atoms with E-state index in [2.05, 4.69) is 5.32 Å². The zero-order chi connectivity index (χ0) is 25.2. The highest BCUT2D eigenvalue weighted by Crippen LogP contribution is 2.35. The van der Waals surface area contributed by atoms with Crippen molar-refractivity contribution in [1.82, 2.24) is 9.97 Å². The average Bonchev–Trinajstić information content (AvgIpc) is 3.58. The van der Waals surface area contributed by atoms with Gasteiger partial charge in [-0.2, -0.15) is 4.98 Å². The Morgan fingerprint density at radius 2 is 1.83 bits per heavy atom. The normalized spacial score (nSPS) is 16.5. The number of anilines is 3. The molecule has 36 heavy (non-hydrogen) atoms. The van der Waals surface area contributed by atoms with Gasteiger partial charge in [-0.05, 0) is 49.9 Å². The van der Waals surface area contributed by atoms with E-state index in [4.69, 9.17) is 19.4 Å². The number of aromatic carboxylic acids is 1. The highest BCUT2D eigenvalue weighted by molar-refractivity contribution is 6.00. The summed E-state index contributed by atoms with van der Waals surface area (Å²) in [5, 5.41) is 12.7. The lowest BCUT2D eigenvalue weighted by Crippen LogP contribution is -2.25. The Balaban J connectivity index is 1.37. The molecule has 186 valence electrons. The summed E-state index contributed by atoms with van der Waals surface area (Å²) in [7, 11) is 3.20. The van der Waals surface area contributed by atoms with Crippen LogP contribution in [0.3, 0.4) is 0 Å². The zero-order valence-corrected chi connectivity index (χ0v) is 20.3. The average molecular weight is 489 g/mol. The molecule has 1 aliphatic carbocycles. The number of hydrogen-bond acceptors (Lipinski definition) is 8. The highest BCUT2D eigenvalue weighted by atomic mass is 16.5. The number of rotatable bonds is 8. The predicted octanol–water partition coefficient (Wildman–Crippen LogP) is 4.13. The molecule has 0 amide bonds. The molecular weight excluding hydrogens is 460 g/mol. The van der Waals surface area contributed by atoms with Gasteiger partial charge >= 0.3 is 5.97 Å². The molecule has 5 rings (SSSR count). The van der Waals surface area contributed by atoms with Gasteiger partial charge in [-0.25, -0.2) is 9.78 Å². The molecule has 2 aliphatic rings. The molecule has 0 spiro atoms. The van der Waals surface area contributed by atoms with Gasteiger partial charge in [-0.15, -0.1) is 0 Å². The molecular formula is C27H28N4O5. The van der Waals surface area contributed by atoms with E-state index in [-0.39, 0.29) is 17.3 Å². The quantitative estimate of drug-likeness (QED) is 0.452. The maximum absolute atomic E-state index is 13.1. The first-order chi connectivity index (χ1) is 17.5. The van der Waals surface area contributed by atoms with Crippen molar-refractivity contribution in [2.45, 2.75) is 25.7 Å². The summed E-state index contributed by atoms with van der Waals surface area (Å²) in [6.45, 7) is 1.15. The van der Waals surface area contributed by atoms with Crippen molar-refractivity contribution in [2.24, 2.45) is 5.92 Å². The number of methoxy groups -OCH3 is 2. The van der Waals surface area contributed by atoms with Gasteiger partial charge in [0.25, 0.3) is 0 Å². The van der Waals surface area contributed by atoms with Crippen LogP contribution in [0.2, 0.25) is 0 Å². The number of aryl methyl sites for hydroxylation is 1. The molecule has 2 N–H and O–H groups in total. The third-order valence-corrected chi connectivity index (χ3v) is 6.80. The molecule has 1 unspecified atom stereocenters. The first-order valence-corrected chi connectivity index (χ1v) is 12.0. The van der Waals surface area contributed by atoms with Gasteiger partial charge in [0.15, 0.2) is 17.3 Å². The van der Waals surface area contributed by atoms with E-state index in [0.29, 0.717) is 42.5 Å². The molecule has 1 fully saturated rings. The van der Waals surface area contributed by atoms with Crippen molar-refractivity contribution >= 4 is 29.2 Å². The van der Waals surface area contributed by atoms with Gasteiger partial charge in [0.05, 0.1) is 25.5 Å². The van der Waals surface area contributed by atoms with Crippen LogP contribution in [-0.2, 0) is 12.8 Å².